The number of hydrogen-bond donors (Lipinski definition) is 1. The lowest BCUT2D eigenvalue weighted by molar-refractivity contribution is -0.00461. The van der Waals surface area contributed by atoms with E-state index in [0.29, 0.717) is 19.6 Å². The van der Waals surface area contributed by atoms with Crippen LogP contribution in [0.3, 0.4) is 0 Å². The zero-order valence-electron chi connectivity index (χ0n) is 11.3. The van der Waals surface area contributed by atoms with Crippen molar-refractivity contribution in [1.82, 2.24) is 10.2 Å². The summed E-state index contributed by atoms with van der Waals surface area (Å²) in [5, 5.41) is 7.08. The standard InChI is InChI=1S/C13H20N2O3S/c1-17-11-7-15(8-12(11)18-2)13(16)14-5-3-10-4-6-19-9-10/h4,6,9,11-12H,3,5,7-8H2,1-2H3,(H,14,16)/t11-,12+. The molecule has 0 saturated carbocycles. The minimum atomic E-state index is -0.0446. The highest BCUT2D eigenvalue weighted by Gasteiger charge is 2.35. The Morgan fingerprint density at radius 3 is 2.63 bits per heavy atom. The molecule has 106 valence electrons. The number of nitrogens with zero attached hydrogens (tertiary/aromatic N) is 1. The minimum absolute atomic E-state index is 0.0346. The van der Waals surface area contributed by atoms with Crippen LogP contribution in [0.25, 0.3) is 0 Å². The van der Waals surface area contributed by atoms with Gasteiger partial charge in [-0.05, 0) is 28.8 Å². The van der Waals surface area contributed by atoms with Crippen molar-refractivity contribution < 1.29 is 14.3 Å². The van der Waals surface area contributed by atoms with Gasteiger partial charge in [0.2, 0.25) is 0 Å². The Labute approximate surface area is 117 Å². The van der Waals surface area contributed by atoms with Crippen LogP contribution >= 0.6 is 11.3 Å². The van der Waals surface area contributed by atoms with Crippen molar-refractivity contribution in [3.05, 3.63) is 22.4 Å². The predicted molar refractivity (Wildman–Crippen MR) is 74.6 cm³/mol. The van der Waals surface area contributed by atoms with Crippen LogP contribution in [0.15, 0.2) is 16.8 Å². The number of urea groups is 1. The molecule has 1 fully saturated rings. The van der Waals surface area contributed by atoms with Gasteiger partial charge in [0.25, 0.3) is 0 Å². The molecular weight excluding hydrogens is 264 g/mol. The predicted octanol–water partition coefficient (Wildman–Crippen LogP) is 1.35. The highest BCUT2D eigenvalue weighted by Crippen LogP contribution is 2.15. The largest absolute Gasteiger partial charge is 0.377 e. The molecule has 0 aliphatic carbocycles. The number of nitrogens with one attached hydrogen (secondary N) is 1. The zero-order chi connectivity index (χ0) is 13.7. The van der Waals surface area contributed by atoms with Crippen LogP contribution in [-0.4, -0.2) is 57.0 Å². The quantitative estimate of drug-likeness (QED) is 0.888. The molecule has 0 bridgehead atoms. The highest BCUT2D eigenvalue weighted by atomic mass is 32.1. The fraction of sp³-hybridized carbons (Fsp3) is 0.615. The first-order valence-electron chi connectivity index (χ1n) is 6.34. The summed E-state index contributed by atoms with van der Waals surface area (Å²) in [7, 11) is 3.29. The third-order valence-electron chi connectivity index (χ3n) is 3.38. The lowest BCUT2D eigenvalue weighted by atomic mass is 10.2. The molecule has 1 N–H and O–H groups in total. The van der Waals surface area contributed by atoms with Gasteiger partial charge in [-0.15, -0.1) is 0 Å². The van der Waals surface area contributed by atoms with Crippen LogP contribution in [-0.2, 0) is 15.9 Å². The van der Waals surface area contributed by atoms with E-state index in [1.54, 1.807) is 30.5 Å². The summed E-state index contributed by atoms with van der Waals surface area (Å²) < 4.78 is 10.6. The molecule has 1 aliphatic rings. The maximum Gasteiger partial charge on any atom is 0.317 e. The average molecular weight is 284 g/mol. The Balaban J connectivity index is 1.74. The van der Waals surface area contributed by atoms with Crippen LogP contribution in [0.4, 0.5) is 4.79 Å². The maximum absolute atomic E-state index is 12.0. The van der Waals surface area contributed by atoms with Crippen LogP contribution in [0.5, 0.6) is 0 Å². The van der Waals surface area contributed by atoms with Gasteiger partial charge in [0.1, 0.15) is 12.2 Å². The first-order valence-corrected chi connectivity index (χ1v) is 7.28. The Hall–Kier alpha value is -1.11. The highest BCUT2D eigenvalue weighted by molar-refractivity contribution is 7.07. The second kappa shape index (κ2) is 6.88. The number of methoxy groups -OCH3 is 2. The molecule has 0 aromatic carbocycles. The number of carbonyl (C=O) groups is 1. The SMILES string of the molecule is CO[C@H]1CN(C(=O)NCCc2ccsc2)C[C@H]1OC. The molecule has 1 aromatic rings. The van der Waals surface area contributed by atoms with Gasteiger partial charge in [0.05, 0.1) is 13.1 Å². The van der Waals surface area contributed by atoms with E-state index in [2.05, 4.69) is 16.8 Å². The zero-order valence-corrected chi connectivity index (χ0v) is 12.1. The van der Waals surface area contributed by atoms with E-state index in [1.807, 2.05) is 5.38 Å². The van der Waals surface area contributed by atoms with E-state index in [4.69, 9.17) is 9.47 Å². The third kappa shape index (κ3) is 3.68. The summed E-state index contributed by atoms with van der Waals surface area (Å²) in [6, 6.07) is 2.03. The maximum atomic E-state index is 12.0. The first-order chi connectivity index (χ1) is 9.24. The number of amides is 2. The Kier molecular flexibility index (Phi) is 5.18. The number of carbonyl (C=O) groups excluding carboxylic acids is 1. The van der Waals surface area contributed by atoms with Gasteiger partial charge in [0, 0.05) is 20.8 Å². The molecule has 2 amide bonds. The number of thiophene rings is 1. The second-order valence-electron chi connectivity index (χ2n) is 4.57. The van der Waals surface area contributed by atoms with Crippen molar-refractivity contribution in [3.63, 3.8) is 0 Å². The molecule has 2 heterocycles. The normalized spacial score (nSPS) is 22.7. The molecule has 1 aliphatic heterocycles. The van der Waals surface area contributed by atoms with E-state index in [1.165, 1.54) is 5.56 Å². The average Bonchev–Trinajstić information content (AvgIpc) is 3.07. The summed E-state index contributed by atoms with van der Waals surface area (Å²) in [6.07, 6.45) is 0.796. The number of ether oxygens (including phenoxy) is 2. The lowest BCUT2D eigenvalue weighted by Crippen LogP contribution is -2.40. The van der Waals surface area contributed by atoms with Crippen LogP contribution < -0.4 is 5.32 Å². The summed E-state index contributed by atoms with van der Waals surface area (Å²) in [6.45, 7) is 1.82. The van der Waals surface area contributed by atoms with Crippen molar-refractivity contribution in [2.24, 2.45) is 0 Å². The van der Waals surface area contributed by atoms with E-state index in [0.717, 1.165) is 6.42 Å². The molecule has 1 saturated heterocycles. The van der Waals surface area contributed by atoms with Crippen molar-refractivity contribution in [2.75, 3.05) is 33.9 Å². The molecule has 19 heavy (non-hydrogen) atoms. The summed E-state index contributed by atoms with van der Waals surface area (Å²) >= 11 is 1.67. The van der Waals surface area contributed by atoms with Gasteiger partial charge < -0.3 is 19.7 Å². The smallest absolute Gasteiger partial charge is 0.317 e. The molecule has 2 atom stereocenters. The Morgan fingerprint density at radius 1 is 1.42 bits per heavy atom. The summed E-state index contributed by atoms with van der Waals surface area (Å²) in [5.74, 6) is 0. The van der Waals surface area contributed by atoms with Gasteiger partial charge in [-0.2, -0.15) is 11.3 Å². The summed E-state index contributed by atoms with van der Waals surface area (Å²) in [4.78, 5) is 13.7. The minimum Gasteiger partial charge on any atom is -0.377 e. The molecule has 0 radical (unpaired) electrons. The topological polar surface area (TPSA) is 50.8 Å². The molecular formula is C13H20N2O3S. The number of rotatable bonds is 5. The van der Waals surface area contributed by atoms with E-state index in [9.17, 15) is 4.79 Å². The van der Waals surface area contributed by atoms with Crippen molar-refractivity contribution in [2.45, 2.75) is 18.6 Å². The van der Waals surface area contributed by atoms with Gasteiger partial charge in [-0.1, -0.05) is 0 Å². The van der Waals surface area contributed by atoms with Crippen LogP contribution in [0, 0.1) is 0 Å². The van der Waals surface area contributed by atoms with E-state index >= 15 is 0 Å². The molecule has 0 unspecified atom stereocenters. The lowest BCUT2D eigenvalue weighted by Gasteiger charge is -2.16. The van der Waals surface area contributed by atoms with Crippen molar-refractivity contribution in [3.8, 4) is 0 Å². The molecule has 5 nitrogen and oxygen atoms in total. The van der Waals surface area contributed by atoms with Crippen molar-refractivity contribution >= 4 is 17.4 Å². The Bertz CT molecular complexity index is 385. The van der Waals surface area contributed by atoms with E-state index < -0.39 is 0 Å². The summed E-state index contributed by atoms with van der Waals surface area (Å²) in [5.41, 5.74) is 1.26. The monoisotopic (exact) mass is 284 g/mol. The fourth-order valence-electron chi connectivity index (χ4n) is 2.22. The third-order valence-corrected chi connectivity index (χ3v) is 4.11. The Morgan fingerprint density at radius 2 is 2.11 bits per heavy atom. The number of hydrogen-bond acceptors (Lipinski definition) is 4. The number of likely N-dealkylation sites (tertiary alicyclic amines) is 1. The first kappa shape index (κ1) is 14.3. The van der Waals surface area contributed by atoms with Crippen LogP contribution in [0.2, 0.25) is 0 Å². The van der Waals surface area contributed by atoms with Gasteiger partial charge in [-0.25, -0.2) is 4.79 Å². The van der Waals surface area contributed by atoms with E-state index in [-0.39, 0.29) is 18.2 Å². The molecule has 1 aromatic heterocycles. The molecule has 2 rings (SSSR count). The van der Waals surface area contributed by atoms with Gasteiger partial charge in [0.15, 0.2) is 0 Å². The van der Waals surface area contributed by atoms with Crippen molar-refractivity contribution in [1.29, 1.82) is 0 Å². The van der Waals surface area contributed by atoms with Gasteiger partial charge >= 0.3 is 6.03 Å². The fourth-order valence-corrected chi connectivity index (χ4v) is 2.93. The van der Waals surface area contributed by atoms with Crippen LogP contribution in [0.1, 0.15) is 5.56 Å². The molecule has 0 spiro atoms. The molecule has 6 heteroatoms. The second-order valence-corrected chi connectivity index (χ2v) is 5.35. The van der Waals surface area contributed by atoms with Gasteiger partial charge in [-0.3, -0.25) is 0 Å².